The average Bonchev–Trinajstić information content (AvgIpc) is 3.31. The number of alkyl halides is 3. The summed E-state index contributed by atoms with van der Waals surface area (Å²) in [5.41, 5.74) is 0.695. The second-order valence-corrected chi connectivity index (χ2v) is 7.49. The SMILES string of the molecule is C=CC(=O)N1CC(OCc2ccc(C(F)(F)F)cc2)C(n2cc(CN(C)C)nn2)C1. The van der Waals surface area contributed by atoms with Gasteiger partial charge in [-0.15, -0.1) is 5.10 Å². The molecule has 30 heavy (non-hydrogen) atoms. The van der Waals surface area contributed by atoms with Crippen LogP contribution in [0.4, 0.5) is 13.2 Å². The standard InChI is InChI=1S/C20H24F3N5O2/c1-4-19(29)27-11-17(28-10-16(24-25-28)9-26(2)3)18(12-27)30-13-14-5-7-15(8-6-14)20(21,22)23/h4-8,10,17-18H,1,9,11-13H2,2-3H3. The maximum atomic E-state index is 12.7. The van der Waals surface area contributed by atoms with Crippen LogP contribution in [0.2, 0.25) is 0 Å². The van der Waals surface area contributed by atoms with E-state index in [1.54, 1.807) is 9.58 Å². The summed E-state index contributed by atoms with van der Waals surface area (Å²) in [6.45, 7) is 4.98. The van der Waals surface area contributed by atoms with Crippen molar-refractivity contribution >= 4 is 5.91 Å². The molecule has 0 radical (unpaired) electrons. The molecular weight excluding hydrogens is 399 g/mol. The predicted octanol–water partition coefficient (Wildman–Crippen LogP) is 2.51. The lowest BCUT2D eigenvalue weighted by molar-refractivity contribution is -0.137. The van der Waals surface area contributed by atoms with Crippen LogP contribution in [-0.4, -0.2) is 64.0 Å². The molecule has 7 nitrogen and oxygen atoms in total. The smallest absolute Gasteiger partial charge is 0.369 e. The van der Waals surface area contributed by atoms with Crippen LogP contribution in [-0.2, 0) is 28.9 Å². The largest absolute Gasteiger partial charge is 0.416 e. The molecule has 2 unspecified atom stereocenters. The van der Waals surface area contributed by atoms with Gasteiger partial charge in [-0.25, -0.2) is 4.68 Å². The Morgan fingerprint density at radius 3 is 2.60 bits per heavy atom. The molecule has 0 spiro atoms. The first-order valence-electron chi connectivity index (χ1n) is 9.42. The molecule has 1 aromatic carbocycles. The highest BCUT2D eigenvalue weighted by atomic mass is 19.4. The summed E-state index contributed by atoms with van der Waals surface area (Å²) in [7, 11) is 3.85. The van der Waals surface area contributed by atoms with E-state index in [1.807, 2.05) is 25.2 Å². The minimum absolute atomic E-state index is 0.120. The normalized spacial score (nSPS) is 19.5. The van der Waals surface area contributed by atoms with Crippen molar-refractivity contribution in [3.8, 4) is 0 Å². The van der Waals surface area contributed by atoms with Crippen LogP contribution in [0.1, 0.15) is 22.9 Å². The number of nitrogens with zero attached hydrogens (tertiary/aromatic N) is 5. The van der Waals surface area contributed by atoms with Crippen LogP contribution in [0.3, 0.4) is 0 Å². The summed E-state index contributed by atoms with van der Waals surface area (Å²) < 4.78 is 45.9. The predicted molar refractivity (Wildman–Crippen MR) is 103 cm³/mol. The van der Waals surface area contributed by atoms with E-state index < -0.39 is 11.7 Å². The highest BCUT2D eigenvalue weighted by molar-refractivity contribution is 5.87. The highest BCUT2D eigenvalue weighted by Crippen LogP contribution is 2.30. The number of aromatic nitrogens is 3. The number of carbonyl (C=O) groups is 1. The van der Waals surface area contributed by atoms with Gasteiger partial charge in [-0.3, -0.25) is 4.79 Å². The van der Waals surface area contributed by atoms with Gasteiger partial charge in [-0.05, 0) is 37.9 Å². The molecule has 1 aliphatic heterocycles. The molecule has 1 aliphatic rings. The number of likely N-dealkylation sites (tertiary alicyclic amines) is 1. The molecule has 0 aliphatic carbocycles. The van der Waals surface area contributed by atoms with Crippen LogP contribution in [0.5, 0.6) is 0 Å². The zero-order valence-electron chi connectivity index (χ0n) is 16.8. The minimum Gasteiger partial charge on any atom is -0.369 e. The molecular formula is C20H24F3N5O2. The van der Waals surface area contributed by atoms with Gasteiger partial charge in [0.25, 0.3) is 0 Å². The number of rotatable bonds is 7. The topological polar surface area (TPSA) is 63.5 Å². The Hall–Kier alpha value is -2.72. The number of amides is 1. The van der Waals surface area contributed by atoms with Crippen molar-refractivity contribution in [1.82, 2.24) is 24.8 Å². The second kappa shape index (κ2) is 8.97. The van der Waals surface area contributed by atoms with Crippen molar-refractivity contribution in [1.29, 1.82) is 0 Å². The molecule has 1 saturated heterocycles. The fourth-order valence-corrected chi connectivity index (χ4v) is 3.35. The third kappa shape index (κ3) is 5.25. The molecule has 0 N–H and O–H groups in total. The van der Waals surface area contributed by atoms with E-state index >= 15 is 0 Å². The number of ether oxygens (including phenoxy) is 1. The first-order valence-corrected chi connectivity index (χ1v) is 9.42. The molecule has 2 heterocycles. The fourth-order valence-electron chi connectivity index (χ4n) is 3.35. The van der Waals surface area contributed by atoms with Crippen molar-refractivity contribution in [2.45, 2.75) is 31.5 Å². The van der Waals surface area contributed by atoms with E-state index in [2.05, 4.69) is 16.9 Å². The van der Waals surface area contributed by atoms with Crippen molar-refractivity contribution in [2.24, 2.45) is 0 Å². The monoisotopic (exact) mass is 423 g/mol. The summed E-state index contributed by atoms with van der Waals surface area (Å²) >= 11 is 0. The Kier molecular flexibility index (Phi) is 6.57. The van der Waals surface area contributed by atoms with E-state index in [0.717, 1.165) is 17.8 Å². The zero-order chi connectivity index (χ0) is 21.9. The summed E-state index contributed by atoms with van der Waals surface area (Å²) in [6.07, 6.45) is -1.70. The Morgan fingerprint density at radius 2 is 2.00 bits per heavy atom. The van der Waals surface area contributed by atoms with Crippen LogP contribution in [0.15, 0.2) is 43.1 Å². The molecule has 2 aromatic rings. The van der Waals surface area contributed by atoms with E-state index in [9.17, 15) is 18.0 Å². The Labute approximate surface area is 172 Å². The molecule has 1 amide bonds. The van der Waals surface area contributed by atoms with Crippen LogP contribution in [0, 0.1) is 0 Å². The summed E-state index contributed by atoms with van der Waals surface area (Å²) in [5.74, 6) is -0.214. The van der Waals surface area contributed by atoms with Gasteiger partial charge < -0.3 is 14.5 Å². The molecule has 0 bridgehead atoms. The number of hydrogen-bond acceptors (Lipinski definition) is 5. The van der Waals surface area contributed by atoms with E-state index in [0.29, 0.717) is 25.2 Å². The molecule has 0 saturated carbocycles. The van der Waals surface area contributed by atoms with Gasteiger partial charge in [0.05, 0.1) is 36.2 Å². The zero-order valence-corrected chi connectivity index (χ0v) is 16.8. The minimum atomic E-state index is -4.38. The maximum absolute atomic E-state index is 12.7. The Bertz CT molecular complexity index is 879. The summed E-state index contributed by atoms with van der Waals surface area (Å²) in [6, 6.07) is 4.59. The molecule has 1 aromatic heterocycles. The second-order valence-electron chi connectivity index (χ2n) is 7.49. The lowest BCUT2D eigenvalue weighted by atomic mass is 10.1. The molecule has 10 heteroatoms. The van der Waals surface area contributed by atoms with E-state index in [1.165, 1.54) is 18.2 Å². The lowest BCUT2D eigenvalue weighted by Crippen LogP contribution is -2.28. The highest BCUT2D eigenvalue weighted by Gasteiger charge is 2.37. The first kappa shape index (κ1) is 22.0. The van der Waals surface area contributed by atoms with Gasteiger partial charge in [-0.1, -0.05) is 23.9 Å². The van der Waals surface area contributed by atoms with Crippen molar-refractivity contribution in [3.63, 3.8) is 0 Å². The Morgan fingerprint density at radius 1 is 1.30 bits per heavy atom. The van der Waals surface area contributed by atoms with Gasteiger partial charge in [-0.2, -0.15) is 13.2 Å². The first-order chi connectivity index (χ1) is 14.2. The van der Waals surface area contributed by atoms with E-state index in [4.69, 9.17) is 4.74 Å². The quantitative estimate of drug-likeness (QED) is 0.641. The maximum Gasteiger partial charge on any atom is 0.416 e. The van der Waals surface area contributed by atoms with Gasteiger partial charge >= 0.3 is 6.18 Å². The number of hydrogen-bond donors (Lipinski definition) is 0. The van der Waals surface area contributed by atoms with Crippen molar-refractivity contribution < 1.29 is 22.7 Å². The van der Waals surface area contributed by atoms with Crippen LogP contribution < -0.4 is 0 Å². The molecule has 1 fully saturated rings. The molecule has 162 valence electrons. The van der Waals surface area contributed by atoms with Crippen molar-refractivity contribution in [2.75, 3.05) is 27.2 Å². The third-order valence-electron chi connectivity index (χ3n) is 4.84. The van der Waals surface area contributed by atoms with Gasteiger partial charge in [0, 0.05) is 19.6 Å². The van der Waals surface area contributed by atoms with Gasteiger partial charge in [0.15, 0.2) is 0 Å². The van der Waals surface area contributed by atoms with E-state index in [-0.39, 0.29) is 24.7 Å². The number of benzene rings is 1. The third-order valence-corrected chi connectivity index (χ3v) is 4.84. The van der Waals surface area contributed by atoms with Gasteiger partial charge in [0.2, 0.25) is 5.91 Å². The lowest BCUT2D eigenvalue weighted by Gasteiger charge is -2.19. The summed E-state index contributed by atoms with van der Waals surface area (Å²) in [4.78, 5) is 15.7. The van der Waals surface area contributed by atoms with Crippen LogP contribution in [0.25, 0.3) is 0 Å². The summed E-state index contributed by atoms with van der Waals surface area (Å²) in [5, 5.41) is 8.35. The molecule has 3 rings (SSSR count). The average molecular weight is 423 g/mol. The molecule has 2 atom stereocenters. The number of carbonyl (C=O) groups excluding carboxylic acids is 1. The van der Waals surface area contributed by atoms with Gasteiger partial charge in [0.1, 0.15) is 0 Å². The number of halogens is 3. The van der Waals surface area contributed by atoms with Crippen molar-refractivity contribution in [3.05, 3.63) is 59.9 Å². The Balaban J connectivity index is 1.72. The van der Waals surface area contributed by atoms with Crippen LogP contribution >= 0.6 is 0 Å². The fraction of sp³-hybridized carbons (Fsp3) is 0.450.